The quantitative estimate of drug-likeness (QED) is 0.795. The van der Waals surface area contributed by atoms with Crippen molar-refractivity contribution >= 4 is 11.4 Å². The fraction of sp³-hybridized carbons (Fsp3) is 0.538. The Kier molecular flexibility index (Phi) is 3.22. The molecule has 1 unspecified atom stereocenters. The first-order valence-corrected chi connectivity index (χ1v) is 5.93. The van der Waals surface area contributed by atoms with Crippen LogP contribution in [0.15, 0.2) is 18.2 Å². The van der Waals surface area contributed by atoms with Crippen LogP contribution in [0.4, 0.5) is 11.4 Å². The number of ether oxygens (including phenoxy) is 1. The number of nitrogens with two attached hydrogens (primary N) is 1. The van der Waals surface area contributed by atoms with Gasteiger partial charge < -0.3 is 15.4 Å². The third-order valence-corrected chi connectivity index (χ3v) is 3.45. The fourth-order valence-corrected chi connectivity index (χ4v) is 2.30. The second kappa shape index (κ2) is 4.64. The van der Waals surface area contributed by atoms with E-state index < -0.39 is 0 Å². The number of methoxy groups -OCH3 is 1. The number of nitrogens with zero attached hydrogens (tertiary/aromatic N) is 1. The average Bonchev–Trinajstić information content (AvgIpc) is 2.78. The first-order valence-electron chi connectivity index (χ1n) is 5.93. The average molecular weight is 220 g/mol. The standard InChI is InChI=1S/C13H20N2O/c1-3-10-6-7-15(9-10)11-4-5-12(14)13(8-11)16-2/h4-5,8,10H,3,6-7,9,14H2,1-2H3. The summed E-state index contributed by atoms with van der Waals surface area (Å²) in [7, 11) is 1.66. The van der Waals surface area contributed by atoms with E-state index in [4.69, 9.17) is 10.5 Å². The van der Waals surface area contributed by atoms with Gasteiger partial charge in [0.2, 0.25) is 0 Å². The number of anilines is 2. The highest BCUT2D eigenvalue weighted by Crippen LogP contribution is 2.31. The Morgan fingerprint density at radius 1 is 1.50 bits per heavy atom. The molecule has 0 bridgehead atoms. The van der Waals surface area contributed by atoms with E-state index in [-0.39, 0.29) is 0 Å². The van der Waals surface area contributed by atoms with Crippen LogP contribution in [0.25, 0.3) is 0 Å². The monoisotopic (exact) mass is 220 g/mol. The summed E-state index contributed by atoms with van der Waals surface area (Å²) < 4.78 is 5.25. The molecule has 1 saturated heterocycles. The Hall–Kier alpha value is -1.38. The molecule has 1 aliphatic heterocycles. The van der Waals surface area contributed by atoms with Crippen molar-refractivity contribution in [1.82, 2.24) is 0 Å². The summed E-state index contributed by atoms with van der Waals surface area (Å²) >= 11 is 0. The number of rotatable bonds is 3. The normalized spacial score (nSPS) is 20.1. The highest BCUT2D eigenvalue weighted by Gasteiger charge is 2.21. The highest BCUT2D eigenvalue weighted by atomic mass is 16.5. The molecule has 3 heteroatoms. The molecule has 0 amide bonds. The molecule has 16 heavy (non-hydrogen) atoms. The number of hydrogen-bond acceptors (Lipinski definition) is 3. The zero-order chi connectivity index (χ0) is 11.5. The topological polar surface area (TPSA) is 38.5 Å². The molecule has 0 radical (unpaired) electrons. The van der Waals surface area contributed by atoms with E-state index in [0.717, 1.165) is 24.8 Å². The van der Waals surface area contributed by atoms with Crippen LogP contribution < -0.4 is 15.4 Å². The van der Waals surface area contributed by atoms with Crippen LogP contribution >= 0.6 is 0 Å². The first-order chi connectivity index (χ1) is 7.74. The van der Waals surface area contributed by atoms with Crippen molar-refractivity contribution in [1.29, 1.82) is 0 Å². The molecule has 3 nitrogen and oxygen atoms in total. The maximum atomic E-state index is 5.81. The van der Waals surface area contributed by atoms with Gasteiger partial charge in [-0.05, 0) is 24.5 Å². The van der Waals surface area contributed by atoms with Crippen LogP contribution in [0.5, 0.6) is 5.75 Å². The van der Waals surface area contributed by atoms with Crippen molar-refractivity contribution < 1.29 is 4.74 Å². The second-order valence-corrected chi connectivity index (χ2v) is 4.44. The summed E-state index contributed by atoms with van der Waals surface area (Å²) in [5, 5.41) is 0. The summed E-state index contributed by atoms with van der Waals surface area (Å²) in [5.41, 5.74) is 7.74. The number of nitrogen functional groups attached to an aromatic ring is 1. The molecule has 1 heterocycles. The molecule has 1 atom stereocenters. The first kappa shape index (κ1) is 11.1. The van der Waals surface area contributed by atoms with E-state index in [0.29, 0.717) is 5.69 Å². The lowest BCUT2D eigenvalue weighted by Gasteiger charge is -2.19. The predicted molar refractivity (Wildman–Crippen MR) is 68.0 cm³/mol. The third kappa shape index (κ3) is 2.08. The molecular weight excluding hydrogens is 200 g/mol. The van der Waals surface area contributed by atoms with Gasteiger partial charge in [0.15, 0.2) is 0 Å². The predicted octanol–water partition coefficient (Wildman–Crippen LogP) is 2.51. The van der Waals surface area contributed by atoms with Crippen LogP contribution in [0.1, 0.15) is 19.8 Å². The van der Waals surface area contributed by atoms with Gasteiger partial charge in [0.05, 0.1) is 12.8 Å². The molecule has 1 aromatic rings. The minimum atomic E-state index is 0.706. The van der Waals surface area contributed by atoms with Crippen LogP contribution in [0.3, 0.4) is 0 Å². The summed E-state index contributed by atoms with van der Waals surface area (Å²) in [5.74, 6) is 1.61. The lowest BCUT2D eigenvalue weighted by molar-refractivity contribution is 0.417. The van der Waals surface area contributed by atoms with Gasteiger partial charge in [-0.2, -0.15) is 0 Å². The van der Waals surface area contributed by atoms with Gasteiger partial charge in [0.1, 0.15) is 5.75 Å². The van der Waals surface area contributed by atoms with Crippen molar-refractivity contribution in [3.05, 3.63) is 18.2 Å². The molecule has 1 aliphatic rings. The SMILES string of the molecule is CCC1CCN(c2ccc(N)c(OC)c2)C1. The Balaban J connectivity index is 2.15. The minimum Gasteiger partial charge on any atom is -0.495 e. The Labute approximate surface area is 97.2 Å². The maximum absolute atomic E-state index is 5.81. The summed E-state index contributed by atoms with van der Waals surface area (Å²) in [6.45, 7) is 4.56. The van der Waals surface area contributed by atoms with Gasteiger partial charge in [-0.1, -0.05) is 13.3 Å². The lowest BCUT2D eigenvalue weighted by atomic mass is 10.1. The van der Waals surface area contributed by atoms with Gasteiger partial charge >= 0.3 is 0 Å². The van der Waals surface area contributed by atoms with E-state index in [1.165, 1.54) is 18.5 Å². The zero-order valence-corrected chi connectivity index (χ0v) is 10.1. The molecule has 88 valence electrons. The van der Waals surface area contributed by atoms with Crippen LogP contribution in [0, 0.1) is 5.92 Å². The summed E-state index contributed by atoms with van der Waals surface area (Å²) in [6, 6.07) is 6.04. The fourth-order valence-electron chi connectivity index (χ4n) is 2.30. The van der Waals surface area contributed by atoms with E-state index >= 15 is 0 Å². The van der Waals surface area contributed by atoms with Gasteiger partial charge in [-0.25, -0.2) is 0 Å². The smallest absolute Gasteiger partial charge is 0.143 e. The lowest BCUT2D eigenvalue weighted by Crippen LogP contribution is -2.19. The van der Waals surface area contributed by atoms with E-state index in [1.807, 2.05) is 12.1 Å². The molecule has 2 N–H and O–H groups in total. The minimum absolute atomic E-state index is 0.706. The van der Waals surface area contributed by atoms with Crippen molar-refractivity contribution in [2.24, 2.45) is 5.92 Å². The van der Waals surface area contributed by atoms with Crippen molar-refractivity contribution in [2.75, 3.05) is 30.8 Å². The van der Waals surface area contributed by atoms with Gasteiger partial charge in [0, 0.05) is 24.8 Å². The van der Waals surface area contributed by atoms with Crippen LogP contribution in [-0.4, -0.2) is 20.2 Å². The summed E-state index contributed by atoms with van der Waals surface area (Å²) in [6.07, 6.45) is 2.56. The molecule has 2 rings (SSSR count). The highest BCUT2D eigenvalue weighted by molar-refractivity contribution is 5.62. The zero-order valence-electron chi connectivity index (χ0n) is 10.1. The largest absolute Gasteiger partial charge is 0.495 e. The van der Waals surface area contributed by atoms with Crippen LogP contribution in [0.2, 0.25) is 0 Å². The molecule has 0 spiro atoms. The van der Waals surface area contributed by atoms with E-state index in [1.54, 1.807) is 7.11 Å². The Bertz CT molecular complexity index is 365. The molecular formula is C13H20N2O. The van der Waals surface area contributed by atoms with E-state index in [2.05, 4.69) is 17.9 Å². The number of benzene rings is 1. The maximum Gasteiger partial charge on any atom is 0.143 e. The molecule has 0 saturated carbocycles. The second-order valence-electron chi connectivity index (χ2n) is 4.44. The van der Waals surface area contributed by atoms with Gasteiger partial charge in [0.25, 0.3) is 0 Å². The Morgan fingerprint density at radius 3 is 2.94 bits per heavy atom. The van der Waals surface area contributed by atoms with Crippen molar-refractivity contribution in [2.45, 2.75) is 19.8 Å². The van der Waals surface area contributed by atoms with Gasteiger partial charge in [-0.15, -0.1) is 0 Å². The van der Waals surface area contributed by atoms with E-state index in [9.17, 15) is 0 Å². The number of hydrogen-bond donors (Lipinski definition) is 1. The molecule has 0 aromatic heterocycles. The van der Waals surface area contributed by atoms with Crippen LogP contribution in [-0.2, 0) is 0 Å². The van der Waals surface area contributed by atoms with Crippen molar-refractivity contribution in [3.8, 4) is 5.75 Å². The van der Waals surface area contributed by atoms with Crippen molar-refractivity contribution in [3.63, 3.8) is 0 Å². The summed E-state index contributed by atoms with van der Waals surface area (Å²) in [4.78, 5) is 2.41. The molecule has 1 aromatic carbocycles. The molecule has 1 fully saturated rings. The Morgan fingerprint density at radius 2 is 2.31 bits per heavy atom. The molecule has 0 aliphatic carbocycles. The van der Waals surface area contributed by atoms with Gasteiger partial charge in [-0.3, -0.25) is 0 Å². The third-order valence-electron chi connectivity index (χ3n) is 3.45.